The van der Waals surface area contributed by atoms with E-state index in [4.69, 9.17) is 16.3 Å². The Labute approximate surface area is 88.5 Å². The van der Waals surface area contributed by atoms with Crippen molar-refractivity contribution in [1.82, 2.24) is 0 Å². The molecule has 14 heavy (non-hydrogen) atoms. The van der Waals surface area contributed by atoms with Gasteiger partial charge < -0.3 is 9.84 Å². The van der Waals surface area contributed by atoms with Crippen molar-refractivity contribution in [3.63, 3.8) is 0 Å². The maximum absolute atomic E-state index is 9.22. The van der Waals surface area contributed by atoms with E-state index in [0.717, 1.165) is 18.6 Å². The molecule has 0 atom stereocenters. The number of benzene rings is 1. The highest BCUT2D eigenvalue weighted by Crippen LogP contribution is 2.30. The zero-order valence-electron chi connectivity index (χ0n) is 7.87. The average molecular weight is 213 g/mol. The second kappa shape index (κ2) is 4.09. The number of phenolic OH excluding ortho intramolecular Hbond substituents is 1. The number of halogens is 1. The molecular formula is C11H13ClO2. The highest BCUT2D eigenvalue weighted by Gasteiger charge is 2.16. The summed E-state index contributed by atoms with van der Waals surface area (Å²) in [4.78, 5) is 0. The van der Waals surface area contributed by atoms with Crippen LogP contribution in [0.25, 0.3) is 0 Å². The van der Waals surface area contributed by atoms with Gasteiger partial charge >= 0.3 is 0 Å². The molecule has 0 radical (unpaired) electrons. The van der Waals surface area contributed by atoms with E-state index in [9.17, 15) is 5.11 Å². The van der Waals surface area contributed by atoms with Crippen molar-refractivity contribution in [3.05, 3.63) is 23.2 Å². The quantitative estimate of drug-likeness (QED) is 0.815. The number of ether oxygens (including phenoxy) is 1. The maximum atomic E-state index is 9.22. The minimum Gasteiger partial charge on any atom is -0.506 e. The third-order valence-corrected chi connectivity index (χ3v) is 2.83. The molecule has 0 unspecified atom stereocenters. The van der Waals surface area contributed by atoms with Crippen molar-refractivity contribution < 1.29 is 9.84 Å². The first-order valence-corrected chi connectivity index (χ1v) is 5.28. The summed E-state index contributed by atoms with van der Waals surface area (Å²) in [5.41, 5.74) is 0. The summed E-state index contributed by atoms with van der Waals surface area (Å²) in [6.45, 7) is 0. The van der Waals surface area contributed by atoms with Crippen LogP contribution in [0.5, 0.6) is 11.5 Å². The van der Waals surface area contributed by atoms with Crippen LogP contribution in [0.4, 0.5) is 0 Å². The molecule has 2 rings (SSSR count). The number of hydrogen-bond donors (Lipinski definition) is 1. The van der Waals surface area contributed by atoms with E-state index in [2.05, 4.69) is 0 Å². The predicted molar refractivity (Wildman–Crippen MR) is 56.0 cm³/mol. The van der Waals surface area contributed by atoms with Gasteiger partial charge in [-0.2, -0.15) is 0 Å². The summed E-state index contributed by atoms with van der Waals surface area (Å²) in [5, 5.41) is 9.56. The fraction of sp³-hybridized carbons (Fsp3) is 0.455. The largest absolute Gasteiger partial charge is 0.506 e. The summed E-state index contributed by atoms with van der Waals surface area (Å²) < 4.78 is 5.72. The van der Waals surface area contributed by atoms with E-state index in [-0.39, 0.29) is 5.75 Å². The molecule has 0 bridgehead atoms. The van der Waals surface area contributed by atoms with Crippen molar-refractivity contribution >= 4 is 11.6 Å². The third-order valence-electron chi connectivity index (χ3n) is 2.52. The van der Waals surface area contributed by atoms with E-state index < -0.39 is 0 Å². The predicted octanol–water partition coefficient (Wildman–Crippen LogP) is 3.37. The van der Waals surface area contributed by atoms with Gasteiger partial charge in [0.1, 0.15) is 11.5 Å². The lowest BCUT2D eigenvalue weighted by Crippen LogP contribution is -2.10. The standard InChI is InChI=1S/C11H13ClO2/c12-10-7-9(5-6-11(10)13)14-8-3-1-2-4-8/h5-8,13H,1-4H2. The van der Waals surface area contributed by atoms with Crippen LogP contribution in [0.2, 0.25) is 5.02 Å². The van der Waals surface area contributed by atoms with Gasteiger partial charge in [-0.15, -0.1) is 0 Å². The average Bonchev–Trinajstić information content (AvgIpc) is 2.64. The van der Waals surface area contributed by atoms with E-state index >= 15 is 0 Å². The molecule has 0 saturated heterocycles. The van der Waals surface area contributed by atoms with E-state index in [1.807, 2.05) is 0 Å². The summed E-state index contributed by atoms with van der Waals surface area (Å²) in [7, 11) is 0. The van der Waals surface area contributed by atoms with Crippen LogP contribution in [0.1, 0.15) is 25.7 Å². The molecule has 0 aliphatic heterocycles. The van der Waals surface area contributed by atoms with E-state index in [1.165, 1.54) is 12.8 Å². The van der Waals surface area contributed by atoms with Gasteiger partial charge in [-0.25, -0.2) is 0 Å². The van der Waals surface area contributed by atoms with Crippen molar-refractivity contribution in [2.75, 3.05) is 0 Å². The Hall–Kier alpha value is -0.890. The van der Waals surface area contributed by atoms with E-state index in [0.29, 0.717) is 11.1 Å². The van der Waals surface area contributed by atoms with Crippen LogP contribution in [-0.2, 0) is 0 Å². The van der Waals surface area contributed by atoms with Crippen LogP contribution in [-0.4, -0.2) is 11.2 Å². The molecule has 1 saturated carbocycles. The van der Waals surface area contributed by atoms with Gasteiger partial charge in [-0.3, -0.25) is 0 Å². The lowest BCUT2D eigenvalue weighted by atomic mass is 10.3. The van der Waals surface area contributed by atoms with Crippen LogP contribution in [0.3, 0.4) is 0 Å². The number of rotatable bonds is 2. The fourth-order valence-corrected chi connectivity index (χ4v) is 1.93. The molecule has 76 valence electrons. The van der Waals surface area contributed by atoms with Gasteiger partial charge in [-0.05, 0) is 37.8 Å². The minimum atomic E-state index is 0.102. The number of aromatic hydroxyl groups is 1. The first-order valence-electron chi connectivity index (χ1n) is 4.91. The molecule has 1 aromatic carbocycles. The van der Waals surface area contributed by atoms with Gasteiger partial charge in [0.2, 0.25) is 0 Å². The Morgan fingerprint density at radius 2 is 2.00 bits per heavy atom. The second-order valence-electron chi connectivity index (χ2n) is 3.64. The summed E-state index contributed by atoms with van der Waals surface area (Å²) in [6.07, 6.45) is 5.07. The molecule has 0 spiro atoms. The molecule has 1 N–H and O–H groups in total. The SMILES string of the molecule is Oc1ccc(OC2CCCC2)cc1Cl. The van der Waals surface area contributed by atoms with Gasteiger partial charge in [0.05, 0.1) is 11.1 Å². The first-order chi connectivity index (χ1) is 6.75. The Balaban J connectivity index is 2.05. The molecule has 0 aromatic heterocycles. The molecule has 0 amide bonds. The third kappa shape index (κ3) is 2.13. The Morgan fingerprint density at radius 3 is 2.64 bits per heavy atom. The first kappa shape index (κ1) is 9.66. The Kier molecular flexibility index (Phi) is 2.82. The normalized spacial score (nSPS) is 17.2. The number of hydrogen-bond acceptors (Lipinski definition) is 2. The van der Waals surface area contributed by atoms with Gasteiger partial charge in [0.25, 0.3) is 0 Å². The maximum Gasteiger partial charge on any atom is 0.134 e. The Morgan fingerprint density at radius 1 is 1.29 bits per heavy atom. The molecule has 1 aliphatic rings. The lowest BCUT2D eigenvalue weighted by molar-refractivity contribution is 0.210. The van der Waals surface area contributed by atoms with Gasteiger partial charge in [0.15, 0.2) is 0 Å². The summed E-state index contributed by atoms with van der Waals surface area (Å²) >= 11 is 5.77. The van der Waals surface area contributed by atoms with Crippen molar-refractivity contribution in [2.45, 2.75) is 31.8 Å². The Bertz CT molecular complexity index is 319. The van der Waals surface area contributed by atoms with Gasteiger partial charge in [0, 0.05) is 6.07 Å². The van der Waals surface area contributed by atoms with Crippen LogP contribution >= 0.6 is 11.6 Å². The molecule has 3 heteroatoms. The zero-order chi connectivity index (χ0) is 9.97. The molecule has 1 fully saturated rings. The summed E-state index contributed by atoms with van der Waals surface area (Å²) in [6, 6.07) is 4.97. The van der Waals surface area contributed by atoms with Crippen LogP contribution < -0.4 is 4.74 Å². The molecule has 0 heterocycles. The van der Waals surface area contributed by atoms with Crippen LogP contribution in [0, 0.1) is 0 Å². The highest BCUT2D eigenvalue weighted by atomic mass is 35.5. The van der Waals surface area contributed by atoms with Crippen molar-refractivity contribution in [1.29, 1.82) is 0 Å². The smallest absolute Gasteiger partial charge is 0.134 e. The topological polar surface area (TPSA) is 29.5 Å². The zero-order valence-corrected chi connectivity index (χ0v) is 8.63. The highest BCUT2D eigenvalue weighted by molar-refractivity contribution is 6.32. The molecule has 1 aliphatic carbocycles. The lowest BCUT2D eigenvalue weighted by Gasteiger charge is -2.13. The molecule has 2 nitrogen and oxygen atoms in total. The number of phenols is 1. The second-order valence-corrected chi connectivity index (χ2v) is 4.04. The monoisotopic (exact) mass is 212 g/mol. The van der Waals surface area contributed by atoms with Crippen LogP contribution in [0.15, 0.2) is 18.2 Å². The minimum absolute atomic E-state index is 0.102. The molecular weight excluding hydrogens is 200 g/mol. The summed E-state index contributed by atoms with van der Waals surface area (Å²) in [5.74, 6) is 0.852. The van der Waals surface area contributed by atoms with Crippen molar-refractivity contribution in [3.8, 4) is 11.5 Å². The fourth-order valence-electron chi connectivity index (χ4n) is 1.76. The van der Waals surface area contributed by atoms with Crippen molar-refractivity contribution in [2.24, 2.45) is 0 Å². The van der Waals surface area contributed by atoms with Gasteiger partial charge in [-0.1, -0.05) is 11.6 Å². The molecule has 1 aromatic rings. The van der Waals surface area contributed by atoms with E-state index in [1.54, 1.807) is 18.2 Å².